The molecule has 7 heteroatoms. The Morgan fingerprint density at radius 3 is 2.88 bits per heavy atom. The molecule has 0 aliphatic rings. The Morgan fingerprint density at radius 1 is 1.47 bits per heavy atom. The highest BCUT2D eigenvalue weighted by atomic mass is 32.2. The van der Waals surface area contributed by atoms with Gasteiger partial charge in [0.15, 0.2) is 0 Å². The van der Waals surface area contributed by atoms with Gasteiger partial charge in [0.25, 0.3) is 0 Å². The molecule has 1 aromatic heterocycles. The van der Waals surface area contributed by atoms with Gasteiger partial charge in [-0.25, -0.2) is 18.1 Å². The summed E-state index contributed by atoms with van der Waals surface area (Å²) in [4.78, 5) is 3.76. The molecule has 0 aromatic carbocycles. The zero-order valence-corrected chi connectivity index (χ0v) is 10.5. The first-order valence-electron chi connectivity index (χ1n) is 5.27. The minimum Gasteiger partial charge on any atom is -0.385 e. The van der Waals surface area contributed by atoms with Crippen molar-refractivity contribution >= 4 is 15.8 Å². The number of nitrogen functional groups attached to an aromatic ring is 1. The highest BCUT2D eigenvalue weighted by Gasteiger charge is 2.16. The minimum atomic E-state index is -3.56. The fourth-order valence-corrected chi connectivity index (χ4v) is 2.44. The maximum absolute atomic E-state index is 11.8. The maximum Gasteiger partial charge on any atom is 0.244 e. The predicted molar refractivity (Wildman–Crippen MR) is 64.9 cm³/mol. The van der Waals surface area contributed by atoms with Crippen LogP contribution in [0.2, 0.25) is 0 Å². The Balaban J connectivity index is 2.55. The van der Waals surface area contributed by atoms with E-state index < -0.39 is 10.0 Å². The van der Waals surface area contributed by atoms with Crippen molar-refractivity contribution in [2.75, 3.05) is 26.0 Å². The molecule has 3 N–H and O–H groups in total. The van der Waals surface area contributed by atoms with E-state index in [1.54, 1.807) is 7.11 Å². The van der Waals surface area contributed by atoms with Crippen LogP contribution < -0.4 is 10.5 Å². The summed E-state index contributed by atoms with van der Waals surface area (Å²) in [5.74, 6) is 0.0110. The number of nitrogens with two attached hydrogens (primary N) is 1. The second-order valence-corrected chi connectivity index (χ2v) is 5.22. The molecule has 0 spiro atoms. The third kappa shape index (κ3) is 4.29. The lowest BCUT2D eigenvalue weighted by atomic mass is 10.3. The second-order valence-electron chi connectivity index (χ2n) is 3.48. The number of ether oxygens (including phenoxy) is 1. The fourth-order valence-electron chi connectivity index (χ4n) is 1.29. The molecule has 0 amide bonds. The van der Waals surface area contributed by atoms with Crippen molar-refractivity contribution in [1.29, 1.82) is 0 Å². The minimum absolute atomic E-state index is 0.0110. The largest absolute Gasteiger partial charge is 0.385 e. The van der Waals surface area contributed by atoms with Crippen molar-refractivity contribution in [3.8, 4) is 0 Å². The zero-order chi connectivity index (χ0) is 12.7. The molecule has 0 aliphatic heterocycles. The SMILES string of the molecule is COCCCCNS(=O)(=O)c1cccnc1N. The van der Waals surface area contributed by atoms with Crippen molar-refractivity contribution in [3.05, 3.63) is 18.3 Å². The molecule has 1 heterocycles. The van der Waals surface area contributed by atoms with E-state index >= 15 is 0 Å². The van der Waals surface area contributed by atoms with Gasteiger partial charge in [0, 0.05) is 26.5 Å². The fraction of sp³-hybridized carbons (Fsp3) is 0.500. The number of anilines is 1. The zero-order valence-electron chi connectivity index (χ0n) is 9.72. The van der Waals surface area contributed by atoms with Crippen molar-refractivity contribution < 1.29 is 13.2 Å². The number of hydrogen-bond donors (Lipinski definition) is 2. The number of methoxy groups -OCH3 is 1. The molecule has 0 bridgehead atoms. The normalized spacial score (nSPS) is 11.6. The van der Waals surface area contributed by atoms with Crippen LogP contribution in [0.15, 0.2) is 23.2 Å². The molecule has 0 aliphatic carbocycles. The highest BCUT2D eigenvalue weighted by Crippen LogP contribution is 2.13. The van der Waals surface area contributed by atoms with Crippen molar-refractivity contribution in [2.45, 2.75) is 17.7 Å². The summed E-state index contributed by atoms with van der Waals surface area (Å²) in [5, 5.41) is 0. The van der Waals surface area contributed by atoms with Gasteiger partial charge in [-0.3, -0.25) is 0 Å². The Bertz CT molecular complexity index is 448. The van der Waals surface area contributed by atoms with Crippen LogP contribution in [0.25, 0.3) is 0 Å². The van der Waals surface area contributed by atoms with Crippen molar-refractivity contribution in [3.63, 3.8) is 0 Å². The van der Waals surface area contributed by atoms with Gasteiger partial charge >= 0.3 is 0 Å². The summed E-state index contributed by atoms with van der Waals surface area (Å²) in [6, 6.07) is 2.97. The molecule has 0 unspecified atom stereocenters. The van der Waals surface area contributed by atoms with Crippen LogP contribution in [0.5, 0.6) is 0 Å². The van der Waals surface area contributed by atoms with Gasteiger partial charge in [-0.15, -0.1) is 0 Å². The van der Waals surface area contributed by atoms with E-state index in [-0.39, 0.29) is 10.7 Å². The first kappa shape index (κ1) is 13.9. The molecule has 6 nitrogen and oxygen atoms in total. The summed E-state index contributed by atoms with van der Waals surface area (Å²) in [6.07, 6.45) is 2.97. The molecule has 0 saturated heterocycles. The average Bonchev–Trinajstić information content (AvgIpc) is 2.29. The van der Waals surface area contributed by atoms with Gasteiger partial charge in [-0.1, -0.05) is 0 Å². The number of nitrogens with one attached hydrogen (secondary N) is 1. The molecule has 0 atom stereocenters. The van der Waals surface area contributed by atoms with Gasteiger partial charge in [0.1, 0.15) is 10.7 Å². The van der Waals surface area contributed by atoms with Crippen LogP contribution in [0.3, 0.4) is 0 Å². The second kappa shape index (κ2) is 6.53. The maximum atomic E-state index is 11.8. The number of aromatic nitrogens is 1. The lowest BCUT2D eigenvalue weighted by Crippen LogP contribution is -2.26. The monoisotopic (exact) mass is 259 g/mol. The van der Waals surface area contributed by atoms with Crippen LogP contribution in [-0.4, -0.2) is 33.7 Å². The van der Waals surface area contributed by atoms with Gasteiger partial charge in [0.05, 0.1) is 0 Å². The summed E-state index contributed by atoms with van der Waals surface area (Å²) in [7, 11) is -1.94. The number of unbranched alkanes of at least 4 members (excludes halogenated alkanes) is 1. The van der Waals surface area contributed by atoms with Crippen molar-refractivity contribution in [2.24, 2.45) is 0 Å². The smallest absolute Gasteiger partial charge is 0.244 e. The number of pyridine rings is 1. The predicted octanol–water partition coefficient (Wildman–Crippen LogP) is 0.369. The lowest BCUT2D eigenvalue weighted by molar-refractivity contribution is 0.193. The standard InChI is InChI=1S/C10H17N3O3S/c1-16-8-3-2-7-13-17(14,15)9-5-4-6-12-10(9)11/h4-6,13H,2-3,7-8H2,1H3,(H2,11,12). The van der Waals surface area contributed by atoms with Gasteiger partial charge in [-0.2, -0.15) is 0 Å². The Hall–Kier alpha value is -1.18. The van der Waals surface area contributed by atoms with Gasteiger partial charge < -0.3 is 10.5 Å². The summed E-state index contributed by atoms with van der Waals surface area (Å²) < 4.78 is 31.0. The molecular formula is C10H17N3O3S. The summed E-state index contributed by atoms with van der Waals surface area (Å²) in [5.41, 5.74) is 5.51. The van der Waals surface area contributed by atoms with Crippen molar-refractivity contribution in [1.82, 2.24) is 9.71 Å². The summed E-state index contributed by atoms with van der Waals surface area (Å²) in [6.45, 7) is 0.983. The quantitative estimate of drug-likeness (QED) is 0.690. The van der Waals surface area contributed by atoms with Crippen LogP contribution in [-0.2, 0) is 14.8 Å². The van der Waals surface area contributed by atoms with E-state index in [1.807, 2.05) is 0 Å². The van der Waals surface area contributed by atoms with Crippen LogP contribution in [0.4, 0.5) is 5.82 Å². The Kier molecular flexibility index (Phi) is 5.33. The summed E-state index contributed by atoms with van der Waals surface area (Å²) >= 11 is 0. The van der Waals surface area contributed by atoms with Gasteiger partial charge in [-0.05, 0) is 25.0 Å². The molecular weight excluding hydrogens is 242 g/mol. The van der Waals surface area contributed by atoms with Crippen LogP contribution in [0, 0.1) is 0 Å². The third-order valence-electron chi connectivity index (χ3n) is 2.16. The van der Waals surface area contributed by atoms with Crippen LogP contribution >= 0.6 is 0 Å². The van der Waals surface area contributed by atoms with E-state index in [0.29, 0.717) is 19.6 Å². The van der Waals surface area contributed by atoms with E-state index in [1.165, 1.54) is 18.3 Å². The molecule has 0 radical (unpaired) electrons. The van der Waals surface area contributed by atoms with Crippen LogP contribution in [0.1, 0.15) is 12.8 Å². The van der Waals surface area contributed by atoms with E-state index in [2.05, 4.69) is 9.71 Å². The number of sulfonamides is 1. The Labute approximate surface area is 101 Å². The molecule has 0 fully saturated rings. The van der Waals surface area contributed by atoms with E-state index in [4.69, 9.17) is 10.5 Å². The number of hydrogen-bond acceptors (Lipinski definition) is 5. The Morgan fingerprint density at radius 2 is 2.24 bits per heavy atom. The van der Waals surface area contributed by atoms with E-state index in [9.17, 15) is 8.42 Å². The number of rotatable bonds is 7. The molecule has 1 rings (SSSR count). The third-order valence-corrected chi connectivity index (χ3v) is 3.66. The lowest BCUT2D eigenvalue weighted by Gasteiger charge is -2.07. The molecule has 96 valence electrons. The highest BCUT2D eigenvalue weighted by molar-refractivity contribution is 7.89. The first-order chi connectivity index (χ1) is 8.08. The molecule has 0 saturated carbocycles. The number of nitrogens with zero attached hydrogens (tertiary/aromatic N) is 1. The van der Waals surface area contributed by atoms with Gasteiger partial charge in [0.2, 0.25) is 10.0 Å². The average molecular weight is 259 g/mol. The first-order valence-corrected chi connectivity index (χ1v) is 6.75. The van der Waals surface area contributed by atoms with E-state index in [0.717, 1.165) is 6.42 Å². The molecule has 1 aromatic rings. The topological polar surface area (TPSA) is 94.3 Å². The molecule has 17 heavy (non-hydrogen) atoms.